The van der Waals surface area contributed by atoms with Crippen molar-refractivity contribution in [2.75, 3.05) is 0 Å². The van der Waals surface area contributed by atoms with Gasteiger partial charge in [0.1, 0.15) is 0 Å². The van der Waals surface area contributed by atoms with E-state index < -0.39 is 0 Å². The topological polar surface area (TPSA) is 81.8 Å². The van der Waals surface area contributed by atoms with Crippen molar-refractivity contribution in [3.8, 4) is 0 Å². The van der Waals surface area contributed by atoms with E-state index in [0.29, 0.717) is 0 Å². The predicted molar refractivity (Wildman–Crippen MR) is 68.9 cm³/mol. The molecule has 0 atom stereocenters. The van der Waals surface area contributed by atoms with Gasteiger partial charge in [-0.2, -0.15) is 0 Å². The maximum absolute atomic E-state index is 8.35. The van der Waals surface area contributed by atoms with E-state index in [1.165, 1.54) is 12.8 Å². The number of isocyanates is 2. The molecule has 0 spiro atoms. The first kappa shape index (κ1) is 49.0. The molecule has 4 heteroatoms. The van der Waals surface area contributed by atoms with Crippen LogP contribution in [0.2, 0.25) is 0 Å². The maximum atomic E-state index is 8.35. The van der Waals surface area contributed by atoms with Crippen LogP contribution in [0.3, 0.4) is 0 Å². The Morgan fingerprint density at radius 1 is 0.733 bits per heavy atom. The van der Waals surface area contributed by atoms with Crippen LogP contribution < -0.4 is 0 Å². The number of hydrogen-bond donors (Lipinski definition) is 2. The molecule has 0 aliphatic rings. The van der Waals surface area contributed by atoms with Gasteiger partial charge >= 0.3 is 0 Å². The second-order valence-electron chi connectivity index (χ2n) is 1.62. The van der Waals surface area contributed by atoms with Crippen molar-refractivity contribution in [2.45, 2.75) is 62.8 Å². The van der Waals surface area contributed by atoms with Gasteiger partial charge in [0, 0.05) is 0 Å². The van der Waals surface area contributed by atoms with Gasteiger partial charge in [0.2, 0.25) is 12.2 Å². The molecule has 96 valence electrons. The first-order valence-corrected chi connectivity index (χ1v) is 3.74. The van der Waals surface area contributed by atoms with Crippen LogP contribution >= 0.6 is 0 Å². The van der Waals surface area contributed by atoms with Crippen molar-refractivity contribution >= 4 is 12.2 Å². The molecule has 0 saturated heterocycles. The van der Waals surface area contributed by atoms with Gasteiger partial charge in [0.15, 0.2) is 0 Å². The highest BCUT2D eigenvalue weighted by molar-refractivity contribution is 5.26. The molecule has 0 fully saturated rings. The predicted octanol–water partition coefficient (Wildman–Crippen LogP) is 4.54. The lowest BCUT2D eigenvalue weighted by atomic mass is 10.6. The van der Waals surface area contributed by atoms with E-state index in [1.807, 2.05) is 0 Å². The summed E-state index contributed by atoms with van der Waals surface area (Å²) < 4.78 is 0. The molecule has 15 heavy (non-hydrogen) atoms. The fourth-order valence-electron chi connectivity index (χ4n) is 0. The van der Waals surface area contributed by atoms with Crippen molar-refractivity contribution in [2.24, 2.45) is 0 Å². The molecule has 0 rings (SSSR count). The number of hydrogen-bond acceptors (Lipinski definition) is 4. The maximum Gasteiger partial charge on any atom is 0.231 e. The molecule has 0 aromatic carbocycles. The van der Waals surface area contributed by atoms with Gasteiger partial charge in [-0.1, -0.05) is 62.8 Å². The van der Waals surface area contributed by atoms with Gasteiger partial charge in [-0.05, 0) is 0 Å². The lowest BCUT2D eigenvalue weighted by Gasteiger charge is -1.48. The standard InChI is InChI=1S/2C3H8.2CHNO.3CH4/c2*1-3-2;2*2-1-3;;;/h2*3H2,1-2H3;2*2H;3*1H4. The van der Waals surface area contributed by atoms with E-state index in [4.69, 9.17) is 20.4 Å². The highest BCUT2D eigenvalue weighted by Gasteiger charge is 1.36. The quantitative estimate of drug-likeness (QED) is 0.466. The molecule has 0 amide bonds. The fraction of sp³-hybridized carbons (Fsp3) is 0.818. The smallest absolute Gasteiger partial charge is 0.222 e. The van der Waals surface area contributed by atoms with Gasteiger partial charge in [0.05, 0.1) is 0 Å². The minimum atomic E-state index is 0. The molecule has 0 aromatic rings. The van der Waals surface area contributed by atoms with Crippen molar-refractivity contribution in [1.82, 2.24) is 0 Å². The van der Waals surface area contributed by atoms with E-state index in [-0.39, 0.29) is 22.3 Å². The van der Waals surface area contributed by atoms with Crippen LogP contribution in [0.15, 0.2) is 0 Å². The highest BCUT2D eigenvalue weighted by atomic mass is 16.1. The minimum absolute atomic E-state index is 0. The van der Waals surface area contributed by atoms with E-state index in [9.17, 15) is 0 Å². The number of carbonyl (C=O) groups excluding carboxylic acids is 2. The highest BCUT2D eigenvalue weighted by Crippen LogP contribution is 1.56. The van der Waals surface area contributed by atoms with Crippen molar-refractivity contribution in [3.63, 3.8) is 0 Å². The van der Waals surface area contributed by atoms with E-state index >= 15 is 0 Å². The first-order valence-electron chi connectivity index (χ1n) is 3.74. The zero-order valence-electron chi connectivity index (χ0n) is 8.23. The average molecular weight is 222 g/mol. The molecule has 0 bridgehead atoms. The van der Waals surface area contributed by atoms with E-state index in [1.54, 1.807) is 0 Å². The zero-order chi connectivity index (χ0) is 10.8. The van der Waals surface area contributed by atoms with Crippen LogP contribution in [0.4, 0.5) is 0 Å². The number of rotatable bonds is 0. The van der Waals surface area contributed by atoms with Gasteiger partial charge in [-0.25, -0.2) is 20.4 Å². The molecule has 0 aliphatic heterocycles. The Morgan fingerprint density at radius 2 is 0.733 bits per heavy atom. The molecule has 0 heterocycles. The van der Waals surface area contributed by atoms with Gasteiger partial charge in [-0.3, -0.25) is 0 Å². The first-order chi connectivity index (χ1) is 5.66. The van der Waals surface area contributed by atoms with Crippen LogP contribution in [0.5, 0.6) is 0 Å². The summed E-state index contributed by atoms with van der Waals surface area (Å²) in [7, 11) is 0. The third kappa shape index (κ3) is 961. The van der Waals surface area contributed by atoms with Gasteiger partial charge in [0.25, 0.3) is 0 Å². The molecular weight excluding hydrogens is 192 g/mol. The Bertz CT molecular complexity index is 89.2. The molecule has 0 aromatic heterocycles. The number of nitrogens with one attached hydrogen (secondary N) is 2. The molecule has 2 N–H and O–H groups in total. The monoisotopic (exact) mass is 222 g/mol. The lowest BCUT2D eigenvalue weighted by Crippen LogP contribution is -1.27. The normalized spacial score (nSPS) is 3.47. The lowest BCUT2D eigenvalue weighted by molar-refractivity contribution is 0.562. The second kappa shape index (κ2) is 232. The summed E-state index contributed by atoms with van der Waals surface area (Å²) >= 11 is 0. The Kier molecular flexibility index (Phi) is 757. The average Bonchev–Trinajstić information content (AvgIpc) is 1.92. The summed E-state index contributed by atoms with van der Waals surface area (Å²) in [5, 5.41) is 10.8. The third-order valence-corrected chi connectivity index (χ3v) is 0. The molecule has 0 radical (unpaired) electrons. The summed E-state index contributed by atoms with van der Waals surface area (Å²) in [5.41, 5.74) is 0. The van der Waals surface area contributed by atoms with Crippen LogP contribution in [0.1, 0.15) is 62.8 Å². The Morgan fingerprint density at radius 3 is 0.733 bits per heavy atom. The summed E-state index contributed by atoms with van der Waals surface area (Å²) in [6, 6.07) is 0. The van der Waals surface area contributed by atoms with E-state index in [0.717, 1.165) is 12.2 Å². The van der Waals surface area contributed by atoms with Crippen LogP contribution in [0, 0.1) is 10.8 Å². The molecule has 0 aliphatic carbocycles. The second-order valence-corrected chi connectivity index (χ2v) is 1.62. The SMILES string of the molecule is C.C.C.CCC.CCC.N=C=O.N=C=O. The van der Waals surface area contributed by atoms with E-state index in [2.05, 4.69) is 27.7 Å². The van der Waals surface area contributed by atoms with Crippen molar-refractivity contribution in [3.05, 3.63) is 0 Å². The van der Waals surface area contributed by atoms with Crippen molar-refractivity contribution < 1.29 is 9.59 Å². The van der Waals surface area contributed by atoms with Crippen LogP contribution in [-0.4, -0.2) is 12.2 Å². The van der Waals surface area contributed by atoms with Crippen molar-refractivity contribution in [1.29, 1.82) is 10.8 Å². The third-order valence-electron chi connectivity index (χ3n) is 0. The molecule has 4 nitrogen and oxygen atoms in total. The summed E-state index contributed by atoms with van der Waals surface area (Å²) in [4.78, 5) is 16.7. The van der Waals surface area contributed by atoms with Crippen LogP contribution in [0.25, 0.3) is 0 Å². The minimum Gasteiger partial charge on any atom is -0.222 e. The Labute approximate surface area is 96.1 Å². The largest absolute Gasteiger partial charge is 0.231 e. The summed E-state index contributed by atoms with van der Waals surface area (Å²) in [6.45, 7) is 8.50. The van der Waals surface area contributed by atoms with Gasteiger partial charge < -0.3 is 0 Å². The van der Waals surface area contributed by atoms with Crippen LogP contribution in [-0.2, 0) is 9.59 Å². The molecular formula is C11H30N2O2. The summed E-state index contributed by atoms with van der Waals surface area (Å²) in [6.07, 6.45) is 4.00. The summed E-state index contributed by atoms with van der Waals surface area (Å²) in [5.74, 6) is 0. The fourth-order valence-corrected chi connectivity index (χ4v) is 0. The Hall–Kier alpha value is -1.24. The van der Waals surface area contributed by atoms with Gasteiger partial charge in [-0.15, -0.1) is 0 Å². The Balaban J connectivity index is -0.0000000107. The zero-order valence-corrected chi connectivity index (χ0v) is 8.23. The molecule has 0 unspecified atom stereocenters. The molecule has 0 saturated carbocycles.